The van der Waals surface area contributed by atoms with Crippen LogP contribution in [-0.2, 0) is 5.41 Å². The summed E-state index contributed by atoms with van der Waals surface area (Å²) in [6.07, 6.45) is 5.50. The van der Waals surface area contributed by atoms with Gasteiger partial charge in [0.15, 0.2) is 5.82 Å². The number of hydrogen-bond acceptors (Lipinski definition) is 4. The molecule has 4 nitrogen and oxygen atoms in total. The zero-order valence-electron chi connectivity index (χ0n) is 15.2. The van der Waals surface area contributed by atoms with Crippen LogP contribution < -0.4 is 10.2 Å². The Bertz CT molecular complexity index is 491. The fourth-order valence-corrected chi connectivity index (χ4v) is 3.58. The van der Waals surface area contributed by atoms with Gasteiger partial charge in [-0.25, -0.2) is 0 Å². The molecule has 1 saturated heterocycles. The monoisotopic (exact) mass is 316 g/mol. The van der Waals surface area contributed by atoms with Gasteiger partial charge in [-0.2, -0.15) is 5.10 Å². The van der Waals surface area contributed by atoms with Crippen LogP contribution in [0.15, 0.2) is 12.1 Å². The van der Waals surface area contributed by atoms with E-state index in [0.29, 0.717) is 0 Å². The van der Waals surface area contributed by atoms with Gasteiger partial charge in [-0.3, -0.25) is 0 Å². The maximum Gasteiger partial charge on any atom is 0.151 e. The molecule has 0 bridgehead atoms. The van der Waals surface area contributed by atoms with Crippen molar-refractivity contribution in [2.75, 3.05) is 24.5 Å². The minimum Gasteiger partial charge on any atom is -0.354 e. The third-order valence-electron chi connectivity index (χ3n) is 5.41. The molecule has 1 saturated carbocycles. The first kappa shape index (κ1) is 16.7. The van der Waals surface area contributed by atoms with E-state index in [1.807, 2.05) is 0 Å². The van der Waals surface area contributed by atoms with Gasteiger partial charge in [-0.15, -0.1) is 5.10 Å². The van der Waals surface area contributed by atoms with Gasteiger partial charge >= 0.3 is 0 Å². The minimum atomic E-state index is 0.0738. The number of hydrogen-bond donors (Lipinski definition) is 1. The molecular weight excluding hydrogens is 284 g/mol. The van der Waals surface area contributed by atoms with E-state index in [1.165, 1.54) is 25.7 Å². The smallest absolute Gasteiger partial charge is 0.151 e. The molecule has 128 valence electrons. The van der Waals surface area contributed by atoms with Gasteiger partial charge in [-0.1, -0.05) is 27.7 Å². The van der Waals surface area contributed by atoms with E-state index in [0.717, 1.165) is 49.0 Å². The van der Waals surface area contributed by atoms with E-state index >= 15 is 0 Å². The maximum absolute atomic E-state index is 4.42. The zero-order chi connectivity index (χ0) is 16.4. The average molecular weight is 316 g/mol. The van der Waals surface area contributed by atoms with Crippen LogP contribution in [0.3, 0.4) is 0 Å². The second-order valence-corrected chi connectivity index (χ2v) is 8.66. The molecule has 23 heavy (non-hydrogen) atoms. The van der Waals surface area contributed by atoms with Crippen molar-refractivity contribution in [1.29, 1.82) is 0 Å². The Balaban J connectivity index is 1.41. The lowest BCUT2D eigenvalue weighted by molar-refractivity contribution is 0.282. The Labute approximate surface area is 141 Å². The fraction of sp³-hybridized carbons (Fsp3) is 0.789. The van der Waals surface area contributed by atoms with Gasteiger partial charge in [-0.05, 0) is 43.7 Å². The van der Waals surface area contributed by atoms with E-state index in [2.05, 4.69) is 60.2 Å². The van der Waals surface area contributed by atoms with Crippen molar-refractivity contribution < 1.29 is 0 Å². The molecule has 2 aliphatic rings. The first-order valence-electron chi connectivity index (χ1n) is 9.24. The number of nitrogens with one attached hydrogen (secondary N) is 1. The number of aromatic nitrogens is 2. The molecule has 2 fully saturated rings. The summed E-state index contributed by atoms with van der Waals surface area (Å²) in [5, 5.41) is 12.6. The van der Waals surface area contributed by atoms with Gasteiger partial charge in [0.05, 0.1) is 5.69 Å². The van der Waals surface area contributed by atoms with Crippen molar-refractivity contribution in [2.45, 2.75) is 64.8 Å². The van der Waals surface area contributed by atoms with E-state index in [9.17, 15) is 0 Å². The number of nitrogens with zero attached hydrogens (tertiary/aromatic N) is 3. The average Bonchev–Trinajstić information content (AvgIpc) is 2.47. The summed E-state index contributed by atoms with van der Waals surface area (Å²) in [6, 6.07) is 5.00. The van der Waals surface area contributed by atoms with Crippen LogP contribution in [0.25, 0.3) is 0 Å². The van der Waals surface area contributed by atoms with E-state index < -0.39 is 0 Å². The molecule has 1 N–H and O–H groups in total. The maximum atomic E-state index is 4.42. The van der Waals surface area contributed by atoms with Crippen LogP contribution in [0, 0.1) is 11.8 Å². The number of rotatable bonds is 4. The van der Waals surface area contributed by atoms with Crippen molar-refractivity contribution in [3.05, 3.63) is 17.8 Å². The van der Waals surface area contributed by atoms with Crippen LogP contribution in [-0.4, -0.2) is 35.9 Å². The SMILES string of the molecule is CC1CCC(NCC2CN(c3ccc(C(C)(C)C)nn3)C2)CC1. The van der Waals surface area contributed by atoms with Crippen LogP contribution in [0.5, 0.6) is 0 Å². The third-order valence-corrected chi connectivity index (χ3v) is 5.41. The van der Waals surface area contributed by atoms with Crippen LogP contribution in [0.2, 0.25) is 0 Å². The lowest BCUT2D eigenvalue weighted by Crippen LogP contribution is -2.52. The molecule has 1 aromatic rings. The Morgan fingerprint density at radius 3 is 2.35 bits per heavy atom. The molecule has 0 unspecified atom stereocenters. The zero-order valence-corrected chi connectivity index (χ0v) is 15.2. The van der Waals surface area contributed by atoms with Crippen molar-refractivity contribution in [3.8, 4) is 0 Å². The second-order valence-electron chi connectivity index (χ2n) is 8.66. The van der Waals surface area contributed by atoms with Gasteiger partial charge < -0.3 is 10.2 Å². The summed E-state index contributed by atoms with van der Waals surface area (Å²) in [7, 11) is 0. The summed E-state index contributed by atoms with van der Waals surface area (Å²) in [4.78, 5) is 2.34. The molecule has 2 heterocycles. The highest BCUT2D eigenvalue weighted by molar-refractivity contribution is 5.41. The number of anilines is 1. The van der Waals surface area contributed by atoms with Crippen molar-refractivity contribution in [2.24, 2.45) is 11.8 Å². The fourth-order valence-electron chi connectivity index (χ4n) is 3.58. The summed E-state index contributed by atoms with van der Waals surface area (Å²) in [6.45, 7) is 12.3. The van der Waals surface area contributed by atoms with Crippen LogP contribution in [0.4, 0.5) is 5.82 Å². The molecule has 0 radical (unpaired) electrons. The van der Waals surface area contributed by atoms with Crippen LogP contribution >= 0.6 is 0 Å². The summed E-state index contributed by atoms with van der Waals surface area (Å²) in [5.41, 5.74) is 1.14. The van der Waals surface area contributed by atoms with Gasteiger partial charge in [0, 0.05) is 37.0 Å². The first-order valence-corrected chi connectivity index (χ1v) is 9.24. The molecule has 1 aliphatic carbocycles. The van der Waals surface area contributed by atoms with Crippen molar-refractivity contribution in [1.82, 2.24) is 15.5 Å². The molecule has 0 aromatic carbocycles. The highest BCUT2D eigenvalue weighted by atomic mass is 15.3. The largest absolute Gasteiger partial charge is 0.354 e. The first-order chi connectivity index (χ1) is 10.9. The Morgan fingerprint density at radius 2 is 1.78 bits per heavy atom. The highest BCUT2D eigenvalue weighted by Crippen LogP contribution is 2.26. The normalized spacial score (nSPS) is 26.2. The Morgan fingerprint density at radius 1 is 1.09 bits per heavy atom. The predicted octanol–water partition coefficient (Wildman–Crippen LogP) is 3.38. The molecule has 0 atom stereocenters. The van der Waals surface area contributed by atoms with Crippen molar-refractivity contribution in [3.63, 3.8) is 0 Å². The van der Waals surface area contributed by atoms with Gasteiger partial charge in [0.2, 0.25) is 0 Å². The summed E-state index contributed by atoms with van der Waals surface area (Å²) >= 11 is 0. The highest BCUT2D eigenvalue weighted by Gasteiger charge is 2.29. The molecular formula is C19H32N4. The summed E-state index contributed by atoms with van der Waals surface area (Å²) < 4.78 is 0. The van der Waals surface area contributed by atoms with E-state index in [4.69, 9.17) is 0 Å². The van der Waals surface area contributed by atoms with Gasteiger partial charge in [0.25, 0.3) is 0 Å². The molecule has 4 heteroatoms. The standard InChI is InChI=1S/C19H32N4/c1-14-5-7-16(8-6-14)20-11-15-12-23(13-15)18-10-9-17(21-22-18)19(2,3)4/h9-10,14-16,20H,5-8,11-13H2,1-4H3. The predicted molar refractivity (Wildman–Crippen MR) is 95.9 cm³/mol. The Hall–Kier alpha value is -1.16. The minimum absolute atomic E-state index is 0.0738. The summed E-state index contributed by atoms with van der Waals surface area (Å²) in [5.74, 6) is 2.72. The van der Waals surface area contributed by atoms with Crippen LogP contribution in [0.1, 0.15) is 59.1 Å². The Kier molecular flexibility index (Phi) is 4.90. The lowest BCUT2D eigenvalue weighted by Gasteiger charge is -2.41. The third kappa shape index (κ3) is 4.23. The van der Waals surface area contributed by atoms with E-state index in [1.54, 1.807) is 0 Å². The molecule has 0 amide bonds. The quantitative estimate of drug-likeness (QED) is 0.924. The van der Waals surface area contributed by atoms with E-state index in [-0.39, 0.29) is 5.41 Å². The lowest BCUT2D eigenvalue weighted by atomic mass is 9.87. The van der Waals surface area contributed by atoms with Gasteiger partial charge in [0.1, 0.15) is 0 Å². The molecule has 3 rings (SSSR count). The van der Waals surface area contributed by atoms with Crippen molar-refractivity contribution >= 4 is 5.82 Å². The molecule has 1 aromatic heterocycles. The topological polar surface area (TPSA) is 41.0 Å². The molecule has 0 spiro atoms. The molecule has 1 aliphatic heterocycles. The second kappa shape index (κ2) is 6.76.